The Balaban J connectivity index is 1.66. The smallest absolute Gasteiger partial charge is 0.224 e. The molecule has 1 amide bonds. The first kappa shape index (κ1) is 16.3. The van der Waals surface area contributed by atoms with E-state index < -0.39 is 0 Å². The highest BCUT2D eigenvalue weighted by Gasteiger charge is 2.16. The molecule has 1 aromatic heterocycles. The van der Waals surface area contributed by atoms with E-state index in [0.717, 1.165) is 48.3 Å². The molecule has 2 aromatic rings. The lowest BCUT2D eigenvalue weighted by Gasteiger charge is -2.15. The number of ether oxygens (including phenoxy) is 1. The van der Waals surface area contributed by atoms with Gasteiger partial charge in [0, 0.05) is 35.1 Å². The summed E-state index contributed by atoms with van der Waals surface area (Å²) < 4.78 is 5.27. The number of amides is 1. The number of carbonyl (C=O) groups excluding carboxylic acids is 1. The summed E-state index contributed by atoms with van der Waals surface area (Å²) in [4.78, 5) is 27.9. The van der Waals surface area contributed by atoms with Gasteiger partial charge in [0.1, 0.15) is 5.75 Å². The van der Waals surface area contributed by atoms with Gasteiger partial charge in [-0.3, -0.25) is 9.59 Å². The Morgan fingerprint density at radius 2 is 2.00 bits per heavy atom. The Bertz CT molecular complexity index is 795. The summed E-state index contributed by atoms with van der Waals surface area (Å²) >= 11 is 0. The molecular weight excluding hydrogens is 304 g/mol. The number of benzene rings is 1. The highest BCUT2D eigenvalue weighted by molar-refractivity contribution is 5.78. The maximum absolute atomic E-state index is 12.5. The number of carbonyl (C=O) groups is 1. The molecule has 0 fully saturated rings. The third-order valence-corrected chi connectivity index (χ3v) is 4.47. The van der Waals surface area contributed by atoms with Crippen molar-refractivity contribution in [1.82, 2.24) is 10.3 Å². The maximum atomic E-state index is 12.5. The molecule has 5 heteroatoms. The SMILES string of the molecule is COc1ccccc1CNC(=O)Cc1c[nH]c2c(c1=O)CCCC2. The molecular formula is C19H22N2O3. The van der Waals surface area contributed by atoms with Gasteiger partial charge in [-0.05, 0) is 31.7 Å². The molecule has 0 atom stereocenters. The first-order valence-electron chi connectivity index (χ1n) is 8.30. The van der Waals surface area contributed by atoms with Crippen LogP contribution in [0, 0.1) is 0 Å². The molecule has 1 heterocycles. The van der Waals surface area contributed by atoms with Gasteiger partial charge in [0.05, 0.1) is 13.5 Å². The number of fused-ring (bicyclic) bond motifs is 1. The van der Waals surface area contributed by atoms with Gasteiger partial charge in [0.2, 0.25) is 5.91 Å². The number of nitrogens with one attached hydrogen (secondary N) is 2. The van der Waals surface area contributed by atoms with E-state index in [9.17, 15) is 9.59 Å². The molecule has 5 nitrogen and oxygen atoms in total. The van der Waals surface area contributed by atoms with Gasteiger partial charge in [-0.1, -0.05) is 18.2 Å². The van der Waals surface area contributed by atoms with Gasteiger partial charge in [0.15, 0.2) is 5.43 Å². The highest BCUT2D eigenvalue weighted by Crippen LogP contribution is 2.17. The minimum absolute atomic E-state index is 0.0240. The fourth-order valence-corrected chi connectivity index (χ4v) is 3.16. The van der Waals surface area contributed by atoms with Crippen molar-refractivity contribution in [3.63, 3.8) is 0 Å². The Hall–Kier alpha value is -2.56. The summed E-state index contributed by atoms with van der Waals surface area (Å²) in [5, 5.41) is 2.86. The summed E-state index contributed by atoms with van der Waals surface area (Å²) in [5.74, 6) is 0.576. The molecule has 1 aromatic carbocycles. The second-order valence-corrected chi connectivity index (χ2v) is 6.07. The van der Waals surface area contributed by atoms with E-state index in [1.54, 1.807) is 13.3 Å². The zero-order chi connectivity index (χ0) is 16.9. The van der Waals surface area contributed by atoms with Crippen LogP contribution in [0.5, 0.6) is 5.75 Å². The molecule has 1 aliphatic rings. The van der Waals surface area contributed by atoms with E-state index in [0.29, 0.717) is 12.1 Å². The van der Waals surface area contributed by atoms with E-state index in [1.165, 1.54) is 0 Å². The van der Waals surface area contributed by atoms with Gasteiger partial charge in [-0.2, -0.15) is 0 Å². The van der Waals surface area contributed by atoms with Crippen LogP contribution in [0.25, 0.3) is 0 Å². The number of H-pyrrole nitrogens is 1. The number of methoxy groups -OCH3 is 1. The molecule has 0 radical (unpaired) electrons. The van der Waals surface area contributed by atoms with Crippen LogP contribution in [0.2, 0.25) is 0 Å². The zero-order valence-electron chi connectivity index (χ0n) is 13.9. The fraction of sp³-hybridized carbons (Fsp3) is 0.368. The van der Waals surface area contributed by atoms with Crippen molar-refractivity contribution in [3.05, 3.63) is 63.1 Å². The van der Waals surface area contributed by atoms with Crippen molar-refractivity contribution in [2.24, 2.45) is 0 Å². The predicted octanol–water partition coefficient (Wildman–Crippen LogP) is 2.12. The van der Waals surface area contributed by atoms with Crippen LogP contribution in [0.3, 0.4) is 0 Å². The molecule has 0 spiro atoms. The van der Waals surface area contributed by atoms with Gasteiger partial charge >= 0.3 is 0 Å². The minimum Gasteiger partial charge on any atom is -0.496 e. The summed E-state index contributed by atoms with van der Waals surface area (Å²) in [6, 6.07) is 7.55. The number of hydrogen-bond acceptors (Lipinski definition) is 3. The van der Waals surface area contributed by atoms with Crippen LogP contribution >= 0.6 is 0 Å². The van der Waals surface area contributed by atoms with Gasteiger partial charge in [0.25, 0.3) is 0 Å². The Morgan fingerprint density at radius 3 is 2.83 bits per heavy atom. The van der Waals surface area contributed by atoms with Crippen molar-refractivity contribution >= 4 is 5.91 Å². The highest BCUT2D eigenvalue weighted by atomic mass is 16.5. The number of para-hydroxylation sites is 1. The number of aromatic nitrogens is 1. The standard InChI is InChI=1S/C19H22N2O3/c1-24-17-9-5-2-6-13(17)11-21-18(22)10-14-12-20-16-8-4-3-7-15(16)19(14)23/h2,5-6,9,12H,3-4,7-8,10-11H2,1H3,(H,20,23)(H,21,22). The van der Waals surface area contributed by atoms with Crippen molar-refractivity contribution in [2.75, 3.05) is 7.11 Å². The van der Waals surface area contributed by atoms with Crippen LogP contribution in [-0.4, -0.2) is 18.0 Å². The number of hydrogen-bond donors (Lipinski definition) is 2. The number of aromatic amines is 1. The largest absolute Gasteiger partial charge is 0.496 e. The first-order valence-corrected chi connectivity index (χ1v) is 8.30. The lowest BCUT2D eigenvalue weighted by atomic mass is 9.94. The van der Waals surface area contributed by atoms with Crippen LogP contribution < -0.4 is 15.5 Å². The van der Waals surface area contributed by atoms with Crippen LogP contribution in [0.1, 0.15) is 35.2 Å². The second kappa shape index (κ2) is 7.34. The van der Waals surface area contributed by atoms with E-state index >= 15 is 0 Å². The van der Waals surface area contributed by atoms with E-state index in [2.05, 4.69) is 10.3 Å². The summed E-state index contributed by atoms with van der Waals surface area (Å²) in [6.45, 7) is 0.381. The number of aryl methyl sites for hydroxylation is 1. The molecule has 0 saturated carbocycles. The third kappa shape index (κ3) is 3.50. The Labute approximate surface area is 141 Å². The average molecular weight is 326 g/mol. The normalized spacial score (nSPS) is 13.2. The quantitative estimate of drug-likeness (QED) is 0.884. The van der Waals surface area contributed by atoms with Crippen molar-refractivity contribution in [2.45, 2.75) is 38.6 Å². The summed E-state index contributed by atoms with van der Waals surface area (Å²) in [7, 11) is 1.60. The molecule has 0 unspecified atom stereocenters. The van der Waals surface area contributed by atoms with Crippen molar-refractivity contribution in [3.8, 4) is 5.75 Å². The molecule has 1 aliphatic carbocycles. The van der Waals surface area contributed by atoms with Crippen molar-refractivity contribution < 1.29 is 9.53 Å². The third-order valence-electron chi connectivity index (χ3n) is 4.47. The number of rotatable bonds is 5. The molecule has 0 bridgehead atoms. The number of pyridine rings is 1. The van der Waals surface area contributed by atoms with Crippen LogP contribution in [-0.2, 0) is 30.6 Å². The van der Waals surface area contributed by atoms with Gasteiger partial charge in [-0.15, -0.1) is 0 Å². The molecule has 0 saturated heterocycles. The zero-order valence-corrected chi connectivity index (χ0v) is 13.9. The molecule has 0 aliphatic heterocycles. The Morgan fingerprint density at radius 1 is 1.21 bits per heavy atom. The first-order chi connectivity index (χ1) is 11.7. The van der Waals surface area contributed by atoms with E-state index in [-0.39, 0.29) is 17.8 Å². The molecule has 3 rings (SSSR count). The summed E-state index contributed by atoms with van der Waals surface area (Å²) in [6.07, 6.45) is 5.67. The van der Waals surface area contributed by atoms with E-state index in [4.69, 9.17) is 4.74 Å². The maximum Gasteiger partial charge on any atom is 0.224 e. The lowest BCUT2D eigenvalue weighted by Crippen LogP contribution is -2.29. The Kier molecular flexibility index (Phi) is 4.99. The van der Waals surface area contributed by atoms with Gasteiger partial charge < -0.3 is 15.0 Å². The monoisotopic (exact) mass is 326 g/mol. The lowest BCUT2D eigenvalue weighted by molar-refractivity contribution is -0.120. The molecule has 24 heavy (non-hydrogen) atoms. The topological polar surface area (TPSA) is 71.2 Å². The van der Waals surface area contributed by atoms with Crippen molar-refractivity contribution in [1.29, 1.82) is 0 Å². The minimum atomic E-state index is -0.165. The predicted molar refractivity (Wildman–Crippen MR) is 92.2 cm³/mol. The van der Waals surface area contributed by atoms with Crippen LogP contribution in [0.4, 0.5) is 0 Å². The van der Waals surface area contributed by atoms with Crippen LogP contribution in [0.15, 0.2) is 35.3 Å². The average Bonchev–Trinajstić information content (AvgIpc) is 2.63. The fourth-order valence-electron chi connectivity index (χ4n) is 3.16. The summed E-state index contributed by atoms with van der Waals surface area (Å²) in [5.41, 5.74) is 3.36. The van der Waals surface area contributed by atoms with E-state index in [1.807, 2.05) is 24.3 Å². The van der Waals surface area contributed by atoms with Gasteiger partial charge in [-0.25, -0.2) is 0 Å². The molecule has 126 valence electrons. The molecule has 2 N–H and O–H groups in total. The second-order valence-electron chi connectivity index (χ2n) is 6.07.